The molecule has 0 saturated heterocycles. The largest absolute Gasteiger partial charge is 0.249 e. The van der Waals surface area contributed by atoms with Crippen LogP contribution >= 0.6 is 0 Å². The molecule has 0 unspecified atom stereocenters. The van der Waals surface area contributed by atoms with E-state index in [-0.39, 0.29) is 0 Å². The molecule has 0 aromatic rings. The quantitative estimate of drug-likeness (QED) is 0.211. The van der Waals surface area contributed by atoms with E-state index in [0.29, 0.717) is 0 Å². The second kappa shape index (κ2) is 2.36. The molecule has 0 aliphatic rings. The minimum Gasteiger partial charge on any atom is -0.249 e. The van der Waals surface area contributed by atoms with Gasteiger partial charge in [-0.05, 0) is 0 Å². The van der Waals surface area contributed by atoms with Gasteiger partial charge >= 0.3 is 0 Å². The third-order valence-electron chi connectivity index (χ3n) is 0.156. The van der Waals surface area contributed by atoms with Gasteiger partial charge in [0.1, 0.15) is 0 Å². The third kappa shape index (κ3) is 3.12. The molecule has 0 saturated carbocycles. The van der Waals surface area contributed by atoms with Crippen LogP contribution < -0.4 is 16.9 Å². The Labute approximate surface area is 33.4 Å². The molecule has 0 aliphatic carbocycles. The van der Waals surface area contributed by atoms with Crippen LogP contribution in [0.3, 0.4) is 0 Å². The summed E-state index contributed by atoms with van der Waals surface area (Å²) in [6, 6.07) is 0. The molecule has 36 valence electrons. The van der Waals surface area contributed by atoms with Crippen molar-refractivity contribution in [3.05, 3.63) is 10.1 Å². The lowest BCUT2D eigenvalue weighted by atomic mass is 12.3. The second-order valence-corrected chi connectivity index (χ2v) is 0.513. The van der Waals surface area contributed by atoms with E-state index in [0.717, 1.165) is 0 Å². The van der Waals surface area contributed by atoms with E-state index in [1.165, 1.54) is 5.53 Å². The van der Waals surface area contributed by atoms with Gasteiger partial charge in [0.15, 0.2) is 5.03 Å². The van der Waals surface area contributed by atoms with Crippen molar-refractivity contribution in [1.29, 1.82) is 0 Å². The highest BCUT2D eigenvalue weighted by Crippen LogP contribution is 1.41. The van der Waals surface area contributed by atoms with Gasteiger partial charge in [0.25, 0.3) is 0 Å². The van der Waals surface area contributed by atoms with Gasteiger partial charge in [-0.25, -0.2) is 16.0 Å². The fraction of sp³-hybridized carbons (Fsp3) is 0. The first kappa shape index (κ1) is 5.12. The van der Waals surface area contributed by atoms with Crippen LogP contribution in [0.1, 0.15) is 0 Å². The van der Waals surface area contributed by atoms with Crippen LogP contribution in [0.5, 0.6) is 0 Å². The van der Waals surface area contributed by atoms with E-state index in [2.05, 4.69) is 5.84 Å². The molecular weight excluding hydrogens is 88.0 g/mol. The summed E-state index contributed by atoms with van der Waals surface area (Å²) >= 11 is 0. The van der Waals surface area contributed by atoms with E-state index in [1.54, 1.807) is 5.53 Å². The van der Waals surface area contributed by atoms with Gasteiger partial charge in [0.2, 0.25) is 0 Å². The molecule has 0 atom stereocenters. The van der Waals surface area contributed by atoms with Crippen molar-refractivity contribution < 1.29 is 5.03 Å². The maximum absolute atomic E-state index is 9.15. The van der Waals surface area contributed by atoms with Gasteiger partial charge in [-0.1, -0.05) is 5.53 Å². The molecule has 0 aromatic carbocycles. The van der Waals surface area contributed by atoms with Crippen molar-refractivity contribution in [2.24, 2.45) is 5.84 Å². The summed E-state index contributed by atoms with van der Waals surface area (Å²) in [4.78, 5) is 9.15. The Morgan fingerprint density at radius 2 is 2.33 bits per heavy atom. The second-order valence-electron chi connectivity index (χ2n) is 0.513. The highest BCUT2D eigenvalue weighted by molar-refractivity contribution is 3.95. The fourth-order valence-corrected chi connectivity index (χ4v) is 0.0527. The minimum absolute atomic E-state index is 0.806. The summed E-state index contributed by atoms with van der Waals surface area (Å²) in [6.07, 6.45) is 0. The summed E-state index contributed by atoms with van der Waals surface area (Å²) in [6.45, 7) is 0. The third-order valence-corrected chi connectivity index (χ3v) is 0.156. The fourth-order valence-electron chi connectivity index (χ4n) is 0.0527. The Bertz CT molecular complexity index is 49.5. The minimum atomic E-state index is -0.806. The number of nitrogens with one attached hydrogen (secondary N) is 2. The summed E-state index contributed by atoms with van der Waals surface area (Å²) in [5.74, 6) is 4.43. The van der Waals surface area contributed by atoms with Crippen molar-refractivity contribution in [3.63, 3.8) is 0 Å². The topological polar surface area (TPSA) is 93.2 Å². The molecule has 0 spiro atoms. The van der Waals surface area contributed by atoms with E-state index < -0.39 is 5.03 Å². The Balaban J connectivity index is 2.83. The zero-order chi connectivity index (χ0) is 4.99. The number of rotatable bonds is 2. The average Bonchev–Trinajstić information content (AvgIpc) is 1.35. The molecule has 4 N–H and O–H groups in total. The standard InChI is InChI=1S/H4N4O2/c1-2-3-4(5)6/h2-3H,1H2. The van der Waals surface area contributed by atoms with Gasteiger partial charge in [-0.2, -0.15) is 0 Å². The molecule has 0 aliphatic heterocycles. The van der Waals surface area contributed by atoms with Crippen molar-refractivity contribution in [1.82, 2.24) is 11.1 Å². The molecule has 0 fully saturated rings. The Kier molecular flexibility index (Phi) is 2.02. The van der Waals surface area contributed by atoms with Gasteiger partial charge in [0.05, 0.1) is 0 Å². The maximum Gasteiger partial charge on any atom is 0.174 e. The zero-order valence-electron chi connectivity index (χ0n) is 2.84. The Hall–Kier alpha value is -0.880. The Morgan fingerprint density at radius 1 is 1.83 bits per heavy atom. The molecular formula is H4N4O2. The maximum atomic E-state index is 9.15. The molecule has 0 amide bonds. The van der Waals surface area contributed by atoms with E-state index in [1.807, 2.05) is 0 Å². The predicted molar refractivity (Wildman–Crippen MR) is 17.5 cm³/mol. The first-order valence-electron chi connectivity index (χ1n) is 1.13. The number of hydrogen-bond acceptors (Lipinski definition) is 4. The van der Waals surface area contributed by atoms with Crippen LogP contribution in [-0.4, -0.2) is 5.03 Å². The summed E-state index contributed by atoms with van der Waals surface area (Å²) in [5, 5.41) is 8.35. The summed E-state index contributed by atoms with van der Waals surface area (Å²) < 4.78 is 0. The van der Waals surface area contributed by atoms with E-state index in [4.69, 9.17) is 10.1 Å². The number of hydrogen-bond donors (Lipinski definition) is 3. The van der Waals surface area contributed by atoms with Crippen molar-refractivity contribution in [2.45, 2.75) is 0 Å². The highest BCUT2D eigenvalue weighted by Gasteiger charge is 1.79. The van der Waals surface area contributed by atoms with Crippen LogP contribution in [0.4, 0.5) is 0 Å². The lowest BCUT2D eigenvalue weighted by Gasteiger charge is -1.85. The average molecular weight is 92.1 g/mol. The molecule has 0 aromatic heterocycles. The first-order chi connectivity index (χ1) is 2.77. The number of nitrogens with zero attached hydrogens (tertiary/aromatic N) is 1. The smallest absolute Gasteiger partial charge is 0.174 e. The summed E-state index contributed by atoms with van der Waals surface area (Å²) in [5.41, 5.74) is 3.08. The molecule has 0 bridgehead atoms. The monoisotopic (exact) mass is 92.0 g/mol. The van der Waals surface area contributed by atoms with Crippen molar-refractivity contribution >= 4 is 0 Å². The molecule has 0 rings (SSSR count). The van der Waals surface area contributed by atoms with Gasteiger partial charge in [0, 0.05) is 0 Å². The summed E-state index contributed by atoms with van der Waals surface area (Å²) in [7, 11) is 0. The predicted octanol–water partition coefficient (Wildman–Crippen LogP) is -1.85. The normalized spacial score (nSPS) is 7.50. The van der Waals surface area contributed by atoms with Gasteiger partial charge in [-0.3, -0.25) is 0 Å². The zero-order valence-corrected chi connectivity index (χ0v) is 2.84. The first-order valence-corrected chi connectivity index (χ1v) is 1.13. The highest BCUT2D eigenvalue weighted by atomic mass is 16.7. The molecule has 0 heterocycles. The molecule has 6 nitrogen and oxygen atoms in total. The number of hydrazine groups is 3. The van der Waals surface area contributed by atoms with Crippen LogP contribution in [-0.2, 0) is 0 Å². The van der Waals surface area contributed by atoms with Crippen LogP contribution in [0, 0.1) is 10.1 Å². The molecule has 0 radical (unpaired) electrons. The number of nitro groups is 1. The molecule has 6 heteroatoms. The lowest BCUT2D eigenvalue weighted by molar-refractivity contribution is -0.555. The molecule has 6 heavy (non-hydrogen) atoms. The van der Waals surface area contributed by atoms with Crippen LogP contribution in [0.2, 0.25) is 0 Å². The van der Waals surface area contributed by atoms with Gasteiger partial charge < -0.3 is 0 Å². The van der Waals surface area contributed by atoms with Crippen molar-refractivity contribution in [3.8, 4) is 0 Å². The number of nitrogens with two attached hydrogens (primary N) is 1. The lowest BCUT2D eigenvalue weighted by Crippen LogP contribution is -2.41. The van der Waals surface area contributed by atoms with Crippen LogP contribution in [0.25, 0.3) is 0 Å². The van der Waals surface area contributed by atoms with Crippen LogP contribution in [0.15, 0.2) is 0 Å². The van der Waals surface area contributed by atoms with Gasteiger partial charge in [-0.15, -0.1) is 5.53 Å². The van der Waals surface area contributed by atoms with E-state index in [9.17, 15) is 0 Å². The Morgan fingerprint density at radius 3 is 2.33 bits per heavy atom. The SMILES string of the molecule is NNN[N+](=O)[O-]. The van der Waals surface area contributed by atoms with E-state index >= 15 is 0 Å². The van der Waals surface area contributed by atoms with Crippen molar-refractivity contribution in [2.75, 3.05) is 0 Å².